The Labute approximate surface area is 164 Å². The molecule has 0 saturated carbocycles. The van der Waals surface area contributed by atoms with Crippen LogP contribution in [-0.4, -0.2) is 44.9 Å². The van der Waals surface area contributed by atoms with Crippen molar-refractivity contribution < 1.29 is 13.3 Å². The molecule has 4 rings (SSSR count). The second-order valence-corrected chi connectivity index (χ2v) is 6.41. The van der Waals surface area contributed by atoms with Gasteiger partial charge in [-0.1, -0.05) is 0 Å². The zero-order valence-electron chi connectivity index (χ0n) is 18.4. The third-order valence-corrected chi connectivity index (χ3v) is 4.65. The van der Waals surface area contributed by atoms with Gasteiger partial charge >= 0.3 is 0 Å². The number of halogens is 1. The first kappa shape index (κ1) is 14.5. The third-order valence-electron chi connectivity index (χ3n) is 4.65. The normalized spacial score (nSPS) is 17.1. The molecule has 3 aromatic rings. The summed E-state index contributed by atoms with van der Waals surface area (Å²) < 4.78 is 37.9. The average Bonchev–Trinajstić information content (AvgIpc) is 3.07. The number of fused-ring (bicyclic) bond motifs is 3. The number of carbonyl (C=O) groups is 1. The number of aromatic nitrogens is 5. The Kier molecular flexibility index (Phi) is 3.39. The maximum atomic E-state index is 14.6. The predicted octanol–water partition coefficient (Wildman–Crippen LogP) is 2.12. The Morgan fingerprint density at radius 3 is 2.96 bits per heavy atom. The molecule has 0 saturated heterocycles. The molecule has 2 aromatic heterocycles. The smallest absolute Gasteiger partial charge is 0.273 e. The van der Waals surface area contributed by atoms with Gasteiger partial charge in [0.25, 0.3) is 5.91 Å². The van der Waals surface area contributed by atoms with Gasteiger partial charge in [-0.15, -0.1) is 5.10 Å². The van der Waals surface area contributed by atoms with E-state index in [-0.39, 0.29) is 17.4 Å². The average molecular weight is 385 g/mol. The van der Waals surface area contributed by atoms with Gasteiger partial charge < -0.3 is 15.5 Å². The molecule has 28 heavy (non-hydrogen) atoms. The van der Waals surface area contributed by atoms with Crippen molar-refractivity contribution >= 4 is 23.0 Å². The van der Waals surface area contributed by atoms with Crippen LogP contribution in [0.4, 0.5) is 21.5 Å². The highest BCUT2D eigenvalue weighted by Gasteiger charge is 2.31. The molecule has 2 N–H and O–H groups in total. The van der Waals surface area contributed by atoms with E-state index in [9.17, 15) is 9.18 Å². The van der Waals surface area contributed by atoms with Crippen LogP contribution in [0, 0.1) is 12.7 Å². The minimum Gasteiger partial charge on any atom is -0.361 e. The SMILES string of the molecule is [2H]C([2H])([2H])NC(=O)c1nnccc1Nc1cc(F)cc2c1N(C)C(C)c1nc(C)nn1-2. The quantitative estimate of drug-likeness (QED) is 0.712. The number of rotatable bonds is 3. The van der Waals surface area contributed by atoms with Gasteiger partial charge in [0.2, 0.25) is 0 Å². The van der Waals surface area contributed by atoms with E-state index in [1.807, 2.05) is 24.2 Å². The van der Waals surface area contributed by atoms with Crippen molar-refractivity contribution in [3.05, 3.63) is 47.6 Å². The minimum atomic E-state index is -2.69. The van der Waals surface area contributed by atoms with Gasteiger partial charge in [-0.05, 0) is 26.0 Å². The highest BCUT2D eigenvalue weighted by molar-refractivity contribution is 5.98. The Bertz CT molecular complexity index is 1180. The number of carbonyl (C=O) groups excluding carboxylic acids is 1. The fraction of sp³-hybridized carbons (Fsp3) is 0.278. The monoisotopic (exact) mass is 385 g/mol. The molecule has 9 nitrogen and oxygen atoms in total. The van der Waals surface area contributed by atoms with Crippen molar-refractivity contribution in [3.63, 3.8) is 0 Å². The molecule has 1 aliphatic heterocycles. The van der Waals surface area contributed by atoms with Gasteiger partial charge in [0.05, 0.1) is 35.0 Å². The van der Waals surface area contributed by atoms with Crippen molar-refractivity contribution in [1.82, 2.24) is 30.3 Å². The highest BCUT2D eigenvalue weighted by Crippen LogP contribution is 2.42. The summed E-state index contributed by atoms with van der Waals surface area (Å²) in [4.78, 5) is 18.7. The fourth-order valence-electron chi connectivity index (χ4n) is 3.26. The summed E-state index contributed by atoms with van der Waals surface area (Å²) in [6.45, 7) is 1.01. The largest absolute Gasteiger partial charge is 0.361 e. The van der Waals surface area contributed by atoms with Crippen LogP contribution in [-0.2, 0) is 0 Å². The molecule has 1 unspecified atom stereocenters. The standard InChI is InChI=1S/C18H19FN8O/c1-9-17-22-10(2)25-27(17)14-8-11(19)7-13(16(14)26(9)4)23-12-5-6-21-24-15(12)18(28)20-3/h5-9H,1-4H3,(H,20,28)(H,21,23)/i3D3. The molecule has 0 bridgehead atoms. The number of nitrogens with one attached hydrogen (secondary N) is 2. The topological polar surface area (TPSA) is 101 Å². The predicted molar refractivity (Wildman–Crippen MR) is 102 cm³/mol. The Morgan fingerprint density at radius 1 is 1.36 bits per heavy atom. The van der Waals surface area contributed by atoms with E-state index in [4.69, 9.17) is 4.11 Å². The lowest BCUT2D eigenvalue weighted by Crippen LogP contribution is -2.31. The van der Waals surface area contributed by atoms with E-state index < -0.39 is 18.7 Å². The van der Waals surface area contributed by atoms with Crippen molar-refractivity contribution in [3.8, 4) is 5.69 Å². The summed E-state index contributed by atoms with van der Waals surface area (Å²) in [5.74, 6) is -0.230. The summed E-state index contributed by atoms with van der Waals surface area (Å²) in [5, 5.41) is 16.7. The van der Waals surface area contributed by atoms with Crippen LogP contribution < -0.4 is 15.5 Å². The van der Waals surface area contributed by atoms with Crippen molar-refractivity contribution in [2.24, 2.45) is 0 Å². The molecule has 3 heterocycles. The van der Waals surface area contributed by atoms with E-state index in [1.165, 1.54) is 24.4 Å². The van der Waals surface area contributed by atoms with E-state index in [0.29, 0.717) is 28.7 Å². The van der Waals surface area contributed by atoms with Gasteiger partial charge in [-0.25, -0.2) is 14.1 Å². The molecule has 1 atom stereocenters. The second kappa shape index (κ2) is 6.55. The van der Waals surface area contributed by atoms with Crippen LogP contribution in [0.1, 0.15) is 39.2 Å². The van der Waals surface area contributed by atoms with Gasteiger partial charge in [0.1, 0.15) is 11.6 Å². The van der Waals surface area contributed by atoms with Crippen LogP contribution in [0.15, 0.2) is 24.4 Å². The van der Waals surface area contributed by atoms with Gasteiger partial charge in [-0.2, -0.15) is 10.2 Å². The fourth-order valence-corrected chi connectivity index (χ4v) is 3.26. The van der Waals surface area contributed by atoms with E-state index in [2.05, 4.69) is 25.6 Å². The summed E-state index contributed by atoms with van der Waals surface area (Å²) >= 11 is 0. The van der Waals surface area contributed by atoms with Crippen molar-refractivity contribution in [2.45, 2.75) is 19.9 Å². The van der Waals surface area contributed by atoms with Crippen LogP contribution in [0.3, 0.4) is 0 Å². The molecule has 144 valence electrons. The van der Waals surface area contributed by atoms with Crippen molar-refractivity contribution in [2.75, 3.05) is 24.2 Å². The Balaban J connectivity index is 1.81. The molecule has 0 radical (unpaired) electrons. The number of hydrogen-bond donors (Lipinski definition) is 2. The molecule has 1 aliphatic rings. The van der Waals surface area contributed by atoms with Crippen LogP contribution in [0.2, 0.25) is 0 Å². The van der Waals surface area contributed by atoms with Crippen molar-refractivity contribution in [1.29, 1.82) is 0 Å². The number of anilines is 3. The molecule has 10 heteroatoms. The van der Waals surface area contributed by atoms with Gasteiger partial charge in [0.15, 0.2) is 11.5 Å². The zero-order chi connectivity index (χ0) is 22.5. The number of amides is 1. The van der Waals surface area contributed by atoms with Crippen LogP contribution in [0.25, 0.3) is 5.69 Å². The Morgan fingerprint density at radius 2 is 2.18 bits per heavy atom. The highest BCUT2D eigenvalue weighted by atomic mass is 19.1. The number of aryl methyl sites for hydroxylation is 1. The molecule has 0 spiro atoms. The summed E-state index contributed by atoms with van der Waals surface area (Å²) in [7, 11) is 1.84. The molecular weight excluding hydrogens is 363 g/mol. The van der Waals surface area contributed by atoms with Crippen LogP contribution >= 0.6 is 0 Å². The first-order chi connectivity index (χ1) is 14.5. The summed E-state index contributed by atoms with van der Waals surface area (Å²) in [6.07, 6.45) is 1.34. The van der Waals surface area contributed by atoms with Gasteiger partial charge in [-0.3, -0.25) is 4.79 Å². The van der Waals surface area contributed by atoms with Gasteiger partial charge in [0, 0.05) is 24.2 Å². The molecule has 1 aromatic carbocycles. The molecular formula is C18H19FN8O. The van der Waals surface area contributed by atoms with E-state index in [1.54, 1.807) is 11.6 Å². The number of nitrogens with zero attached hydrogens (tertiary/aromatic N) is 6. The van der Waals surface area contributed by atoms with E-state index in [0.717, 1.165) is 0 Å². The van der Waals surface area contributed by atoms with Crippen LogP contribution in [0.5, 0.6) is 0 Å². The minimum absolute atomic E-state index is 0.159. The Hall–Kier alpha value is -3.56. The van der Waals surface area contributed by atoms with E-state index >= 15 is 0 Å². The summed E-state index contributed by atoms with van der Waals surface area (Å²) in [6, 6.07) is 3.93. The molecule has 1 amide bonds. The lowest BCUT2D eigenvalue weighted by atomic mass is 10.1. The number of hydrogen-bond acceptors (Lipinski definition) is 7. The lowest BCUT2D eigenvalue weighted by Gasteiger charge is -2.35. The molecule has 0 aliphatic carbocycles. The first-order valence-electron chi connectivity index (χ1n) is 9.96. The second-order valence-electron chi connectivity index (χ2n) is 6.41. The lowest BCUT2D eigenvalue weighted by molar-refractivity contribution is 0.0958. The first-order valence-corrected chi connectivity index (χ1v) is 8.46. The summed E-state index contributed by atoms with van der Waals surface area (Å²) in [5.41, 5.74) is 1.39. The number of benzene rings is 1. The molecule has 0 fully saturated rings. The zero-order valence-corrected chi connectivity index (χ0v) is 15.4. The maximum absolute atomic E-state index is 14.6. The maximum Gasteiger partial charge on any atom is 0.273 e. The third kappa shape index (κ3) is 2.73.